The van der Waals surface area contributed by atoms with Gasteiger partial charge in [0.1, 0.15) is 11.4 Å². The number of carboxylic acids is 1. The summed E-state index contributed by atoms with van der Waals surface area (Å²) in [6, 6.07) is 1.53. The normalized spacial score (nSPS) is 10.3. The molecule has 18 heavy (non-hydrogen) atoms. The molecule has 0 spiro atoms. The number of pyridine rings is 1. The van der Waals surface area contributed by atoms with E-state index in [4.69, 9.17) is 5.11 Å². The van der Waals surface area contributed by atoms with Crippen LogP contribution in [0.5, 0.6) is 0 Å². The average Bonchev–Trinajstić information content (AvgIpc) is 2.84. The molecule has 94 valence electrons. The first-order valence-corrected chi connectivity index (χ1v) is 6.90. The predicted molar refractivity (Wildman–Crippen MR) is 73.2 cm³/mol. The highest BCUT2D eigenvalue weighted by atomic mass is 79.9. The van der Waals surface area contributed by atoms with Crippen LogP contribution in [0.4, 0.5) is 5.82 Å². The van der Waals surface area contributed by atoms with Gasteiger partial charge in [0.25, 0.3) is 0 Å². The van der Waals surface area contributed by atoms with E-state index in [1.54, 1.807) is 23.0 Å². The Bertz CT molecular complexity index is 545. The minimum Gasteiger partial charge on any atom is -0.478 e. The molecule has 2 aromatic heterocycles. The summed E-state index contributed by atoms with van der Waals surface area (Å²) in [4.78, 5) is 19.3. The molecule has 2 aromatic rings. The Balaban J connectivity index is 2.02. The van der Waals surface area contributed by atoms with Crippen LogP contribution in [0, 0.1) is 0 Å². The lowest BCUT2D eigenvalue weighted by Crippen LogP contribution is -2.11. The van der Waals surface area contributed by atoms with Crippen LogP contribution in [0.3, 0.4) is 0 Å². The van der Waals surface area contributed by atoms with Crippen LogP contribution in [-0.4, -0.2) is 27.6 Å². The van der Waals surface area contributed by atoms with Crippen LogP contribution in [0.2, 0.25) is 0 Å². The van der Waals surface area contributed by atoms with Crippen LogP contribution in [0.1, 0.15) is 16.1 Å². The van der Waals surface area contributed by atoms with Gasteiger partial charge >= 0.3 is 5.97 Å². The van der Waals surface area contributed by atoms with Crippen molar-refractivity contribution < 1.29 is 9.90 Å². The summed E-state index contributed by atoms with van der Waals surface area (Å²) in [5.41, 5.74) is 2.92. The third-order valence-corrected chi connectivity index (χ3v) is 3.31. The molecule has 0 aliphatic heterocycles. The Morgan fingerprint density at radius 1 is 1.50 bits per heavy atom. The maximum absolute atomic E-state index is 11.1. The second-order valence-corrected chi connectivity index (χ2v) is 5.15. The molecule has 0 saturated carbocycles. The number of halogens is 1. The molecule has 0 amide bonds. The smallest absolute Gasteiger partial charge is 0.339 e. The summed E-state index contributed by atoms with van der Waals surface area (Å²) in [5, 5.41) is 14.0. The van der Waals surface area contributed by atoms with Gasteiger partial charge in [0.05, 0.1) is 11.2 Å². The molecule has 2 rings (SSSR count). The first-order chi connectivity index (χ1) is 8.66. The summed E-state index contributed by atoms with van der Waals surface area (Å²) >= 11 is 4.74. The van der Waals surface area contributed by atoms with Crippen LogP contribution in [-0.2, 0) is 6.42 Å². The number of rotatable bonds is 5. The quantitative estimate of drug-likeness (QED) is 0.883. The zero-order valence-electron chi connectivity index (χ0n) is 9.26. The SMILES string of the molecule is O=C(O)c1cc(Br)cnc1NCCc1cscn1. The average molecular weight is 328 g/mol. The van der Waals surface area contributed by atoms with Crippen LogP contribution >= 0.6 is 27.3 Å². The molecule has 2 N–H and O–H groups in total. The van der Waals surface area contributed by atoms with Crippen molar-refractivity contribution >= 4 is 39.1 Å². The minimum absolute atomic E-state index is 0.155. The van der Waals surface area contributed by atoms with Crippen molar-refractivity contribution in [3.8, 4) is 0 Å². The van der Waals surface area contributed by atoms with Crippen molar-refractivity contribution in [3.05, 3.63) is 38.9 Å². The number of hydrogen-bond acceptors (Lipinski definition) is 5. The van der Waals surface area contributed by atoms with Gasteiger partial charge in [-0.05, 0) is 22.0 Å². The molecule has 0 radical (unpaired) electrons. The molecule has 0 aromatic carbocycles. The molecule has 0 bridgehead atoms. The second-order valence-electron chi connectivity index (χ2n) is 3.51. The van der Waals surface area contributed by atoms with Gasteiger partial charge in [0.2, 0.25) is 0 Å². The number of aromatic carboxylic acids is 1. The second kappa shape index (κ2) is 5.92. The molecule has 5 nitrogen and oxygen atoms in total. The van der Waals surface area contributed by atoms with Crippen molar-refractivity contribution in [2.75, 3.05) is 11.9 Å². The summed E-state index contributed by atoms with van der Waals surface area (Å²) in [5.74, 6) is -0.624. The van der Waals surface area contributed by atoms with E-state index in [1.807, 2.05) is 5.38 Å². The summed E-state index contributed by atoms with van der Waals surface area (Å²) in [6.45, 7) is 0.596. The number of nitrogens with zero attached hydrogens (tertiary/aromatic N) is 2. The number of carbonyl (C=O) groups is 1. The van der Waals surface area contributed by atoms with Gasteiger partial charge in [-0.25, -0.2) is 14.8 Å². The number of thiazole rings is 1. The fraction of sp³-hybridized carbons (Fsp3) is 0.182. The highest BCUT2D eigenvalue weighted by Crippen LogP contribution is 2.18. The van der Waals surface area contributed by atoms with E-state index in [-0.39, 0.29) is 5.56 Å². The van der Waals surface area contributed by atoms with Gasteiger partial charge in [0.15, 0.2) is 0 Å². The molecule has 0 fully saturated rings. The van der Waals surface area contributed by atoms with E-state index < -0.39 is 5.97 Å². The van der Waals surface area contributed by atoms with Crippen molar-refractivity contribution in [3.63, 3.8) is 0 Å². The van der Waals surface area contributed by atoms with Gasteiger partial charge in [-0.1, -0.05) is 0 Å². The lowest BCUT2D eigenvalue weighted by Gasteiger charge is -2.07. The fourth-order valence-corrected chi connectivity index (χ4v) is 2.34. The third-order valence-electron chi connectivity index (χ3n) is 2.24. The Morgan fingerprint density at radius 3 is 3.00 bits per heavy atom. The maximum Gasteiger partial charge on any atom is 0.339 e. The number of hydrogen-bond donors (Lipinski definition) is 2. The Labute approximate surface area is 116 Å². The van der Waals surface area contributed by atoms with Crippen molar-refractivity contribution in [2.24, 2.45) is 0 Å². The Morgan fingerprint density at radius 2 is 2.33 bits per heavy atom. The number of anilines is 1. The summed E-state index contributed by atoms with van der Waals surface area (Å²) in [7, 11) is 0. The molecule has 2 heterocycles. The van der Waals surface area contributed by atoms with Gasteiger partial charge in [0, 0.05) is 29.0 Å². The van der Waals surface area contributed by atoms with E-state index in [2.05, 4.69) is 31.2 Å². The predicted octanol–water partition coefficient (Wildman–Crippen LogP) is 2.65. The van der Waals surface area contributed by atoms with Crippen LogP contribution in [0.15, 0.2) is 27.6 Å². The van der Waals surface area contributed by atoms with Crippen molar-refractivity contribution in [1.29, 1.82) is 0 Å². The highest BCUT2D eigenvalue weighted by molar-refractivity contribution is 9.10. The topological polar surface area (TPSA) is 75.1 Å². The van der Waals surface area contributed by atoms with Crippen LogP contribution in [0.25, 0.3) is 0 Å². The molecular weight excluding hydrogens is 318 g/mol. The lowest BCUT2D eigenvalue weighted by atomic mass is 10.2. The molecule has 0 aliphatic rings. The number of nitrogens with one attached hydrogen (secondary N) is 1. The molecule has 0 saturated heterocycles. The van der Waals surface area contributed by atoms with Crippen LogP contribution < -0.4 is 5.32 Å². The van der Waals surface area contributed by atoms with Gasteiger partial charge in [-0.15, -0.1) is 11.3 Å². The monoisotopic (exact) mass is 327 g/mol. The van der Waals surface area contributed by atoms with E-state index in [1.165, 1.54) is 6.07 Å². The standard InChI is InChI=1S/C11H10BrN3O2S/c12-7-3-9(11(16)17)10(14-4-7)13-2-1-8-5-18-6-15-8/h3-6H,1-2H2,(H,13,14)(H,16,17). The molecule has 0 aliphatic carbocycles. The first-order valence-electron chi connectivity index (χ1n) is 5.16. The van der Waals surface area contributed by atoms with Crippen molar-refractivity contribution in [2.45, 2.75) is 6.42 Å². The highest BCUT2D eigenvalue weighted by Gasteiger charge is 2.11. The Kier molecular flexibility index (Phi) is 4.27. The fourth-order valence-electron chi connectivity index (χ4n) is 1.41. The molecular formula is C11H10BrN3O2S. The zero-order valence-corrected chi connectivity index (χ0v) is 11.7. The zero-order chi connectivity index (χ0) is 13.0. The summed E-state index contributed by atoms with van der Waals surface area (Å²) < 4.78 is 0.643. The Hall–Kier alpha value is -1.47. The molecule has 0 atom stereocenters. The minimum atomic E-state index is -1.00. The maximum atomic E-state index is 11.1. The van der Waals surface area contributed by atoms with Gasteiger partial charge in [-0.2, -0.15) is 0 Å². The largest absolute Gasteiger partial charge is 0.478 e. The van der Waals surface area contributed by atoms with Gasteiger partial charge in [-0.3, -0.25) is 0 Å². The molecule has 0 unspecified atom stereocenters. The third kappa shape index (κ3) is 3.27. The number of carboxylic acid groups (broad SMARTS) is 1. The van der Waals surface area contributed by atoms with E-state index in [0.717, 1.165) is 12.1 Å². The van der Waals surface area contributed by atoms with E-state index in [0.29, 0.717) is 16.8 Å². The summed E-state index contributed by atoms with van der Waals surface area (Å²) in [6.07, 6.45) is 2.30. The van der Waals surface area contributed by atoms with Crippen molar-refractivity contribution in [1.82, 2.24) is 9.97 Å². The number of aromatic nitrogens is 2. The van der Waals surface area contributed by atoms with E-state index in [9.17, 15) is 4.79 Å². The first kappa shape index (κ1) is 13.0. The van der Waals surface area contributed by atoms with E-state index >= 15 is 0 Å². The molecule has 7 heteroatoms. The van der Waals surface area contributed by atoms with Gasteiger partial charge < -0.3 is 10.4 Å². The lowest BCUT2D eigenvalue weighted by molar-refractivity contribution is 0.0697.